The van der Waals surface area contributed by atoms with Gasteiger partial charge in [-0.3, -0.25) is 0 Å². The molecule has 0 spiro atoms. The highest BCUT2D eigenvalue weighted by atomic mass is 16.3. The lowest BCUT2D eigenvalue weighted by molar-refractivity contribution is 0.0699. The molecule has 0 aromatic carbocycles. The standard InChI is InChI=1S/C15H32N2O/c1-14(2)11-17(10-9-16(3)4)12-15(13-18)7-5-6-8-15/h14,18H,5-13H2,1-4H3. The normalized spacial score (nSPS) is 19.3. The minimum atomic E-state index is 0.196. The van der Waals surface area contributed by atoms with Crippen LogP contribution < -0.4 is 0 Å². The summed E-state index contributed by atoms with van der Waals surface area (Å²) in [5.41, 5.74) is 0.196. The minimum absolute atomic E-state index is 0.196. The Bertz CT molecular complexity index is 223. The number of likely N-dealkylation sites (N-methyl/N-ethyl adjacent to an activating group) is 1. The highest BCUT2D eigenvalue weighted by Gasteiger charge is 2.34. The van der Waals surface area contributed by atoms with Gasteiger partial charge in [0.2, 0.25) is 0 Å². The maximum atomic E-state index is 9.74. The molecule has 0 aromatic rings. The van der Waals surface area contributed by atoms with Crippen molar-refractivity contribution < 1.29 is 5.11 Å². The molecule has 0 unspecified atom stereocenters. The predicted molar refractivity (Wildman–Crippen MR) is 77.8 cm³/mol. The smallest absolute Gasteiger partial charge is 0.0499 e. The third kappa shape index (κ3) is 5.25. The molecule has 1 aliphatic rings. The van der Waals surface area contributed by atoms with E-state index < -0.39 is 0 Å². The third-order valence-electron chi connectivity index (χ3n) is 4.05. The number of hydrogen-bond donors (Lipinski definition) is 1. The zero-order valence-electron chi connectivity index (χ0n) is 12.8. The maximum absolute atomic E-state index is 9.74. The van der Waals surface area contributed by atoms with Crippen LogP contribution in [0.25, 0.3) is 0 Å². The van der Waals surface area contributed by atoms with Crippen molar-refractivity contribution in [3.05, 3.63) is 0 Å². The second kappa shape index (κ2) is 7.46. The van der Waals surface area contributed by atoms with Crippen molar-refractivity contribution in [1.29, 1.82) is 0 Å². The molecule has 0 saturated heterocycles. The first-order chi connectivity index (χ1) is 8.47. The van der Waals surface area contributed by atoms with E-state index >= 15 is 0 Å². The summed E-state index contributed by atoms with van der Waals surface area (Å²) in [5.74, 6) is 0.698. The van der Waals surface area contributed by atoms with Crippen LogP contribution in [0.15, 0.2) is 0 Å². The fourth-order valence-corrected chi connectivity index (χ4v) is 3.06. The van der Waals surface area contributed by atoms with Crippen LogP contribution in [-0.4, -0.2) is 61.8 Å². The van der Waals surface area contributed by atoms with Crippen LogP contribution in [0.5, 0.6) is 0 Å². The molecule has 1 N–H and O–H groups in total. The van der Waals surface area contributed by atoms with Gasteiger partial charge >= 0.3 is 0 Å². The van der Waals surface area contributed by atoms with Crippen molar-refractivity contribution in [3.63, 3.8) is 0 Å². The zero-order chi connectivity index (χ0) is 13.6. The Labute approximate surface area is 113 Å². The molecule has 0 atom stereocenters. The third-order valence-corrected chi connectivity index (χ3v) is 4.05. The Morgan fingerprint density at radius 1 is 1.11 bits per heavy atom. The molecule has 0 bridgehead atoms. The summed E-state index contributed by atoms with van der Waals surface area (Å²) in [6.07, 6.45) is 5.01. The first-order valence-corrected chi connectivity index (χ1v) is 7.45. The van der Waals surface area contributed by atoms with Gasteiger partial charge in [0, 0.05) is 38.2 Å². The number of aliphatic hydroxyl groups excluding tert-OH is 1. The quantitative estimate of drug-likeness (QED) is 0.720. The molecule has 0 aliphatic heterocycles. The van der Waals surface area contributed by atoms with Crippen LogP contribution in [0.3, 0.4) is 0 Å². The predicted octanol–water partition coefficient (Wildman–Crippen LogP) is 2.06. The second-order valence-electron chi connectivity index (χ2n) is 6.80. The van der Waals surface area contributed by atoms with E-state index in [2.05, 4.69) is 37.7 Å². The summed E-state index contributed by atoms with van der Waals surface area (Å²) < 4.78 is 0. The van der Waals surface area contributed by atoms with Gasteiger partial charge in [-0.15, -0.1) is 0 Å². The topological polar surface area (TPSA) is 26.7 Å². The molecule has 1 fully saturated rings. The lowest BCUT2D eigenvalue weighted by Gasteiger charge is -2.35. The maximum Gasteiger partial charge on any atom is 0.0499 e. The van der Waals surface area contributed by atoms with E-state index in [-0.39, 0.29) is 5.41 Å². The van der Waals surface area contributed by atoms with Gasteiger partial charge in [0.05, 0.1) is 0 Å². The number of aliphatic hydroxyl groups is 1. The molecular formula is C15H32N2O. The number of rotatable bonds is 8. The lowest BCUT2D eigenvalue weighted by Crippen LogP contribution is -2.43. The molecule has 0 aromatic heterocycles. The molecule has 0 amide bonds. The Kier molecular flexibility index (Phi) is 6.61. The van der Waals surface area contributed by atoms with E-state index in [0.717, 1.165) is 26.2 Å². The molecular weight excluding hydrogens is 224 g/mol. The van der Waals surface area contributed by atoms with Crippen LogP contribution >= 0.6 is 0 Å². The summed E-state index contributed by atoms with van der Waals surface area (Å²) in [5, 5.41) is 9.74. The van der Waals surface area contributed by atoms with Gasteiger partial charge in [-0.05, 0) is 32.9 Å². The van der Waals surface area contributed by atoms with Crippen LogP contribution in [-0.2, 0) is 0 Å². The van der Waals surface area contributed by atoms with Gasteiger partial charge in [-0.25, -0.2) is 0 Å². The average molecular weight is 256 g/mol. The summed E-state index contributed by atoms with van der Waals surface area (Å²) in [4.78, 5) is 4.81. The number of hydrogen-bond acceptors (Lipinski definition) is 3. The van der Waals surface area contributed by atoms with Gasteiger partial charge < -0.3 is 14.9 Å². The van der Waals surface area contributed by atoms with E-state index in [1.54, 1.807) is 0 Å². The Morgan fingerprint density at radius 3 is 2.17 bits per heavy atom. The van der Waals surface area contributed by atoms with Crippen molar-refractivity contribution in [3.8, 4) is 0 Å². The van der Waals surface area contributed by atoms with Gasteiger partial charge in [0.25, 0.3) is 0 Å². The molecule has 1 saturated carbocycles. The molecule has 1 rings (SSSR count). The number of nitrogens with zero attached hydrogens (tertiary/aromatic N) is 2. The largest absolute Gasteiger partial charge is 0.396 e. The van der Waals surface area contributed by atoms with E-state index in [1.807, 2.05) is 0 Å². The molecule has 3 heteroatoms. The van der Waals surface area contributed by atoms with Crippen LogP contribution in [0.4, 0.5) is 0 Å². The van der Waals surface area contributed by atoms with E-state index in [1.165, 1.54) is 25.7 Å². The van der Waals surface area contributed by atoms with Gasteiger partial charge in [-0.1, -0.05) is 26.7 Å². The van der Waals surface area contributed by atoms with Crippen molar-refractivity contribution in [2.24, 2.45) is 11.3 Å². The fourth-order valence-electron chi connectivity index (χ4n) is 3.06. The molecule has 108 valence electrons. The summed E-state index contributed by atoms with van der Waals surface area (Å²) >= 11 is 0. The van der Waals surface area contributed by atoms with Crippen LogP contribution in [0.1, 0.15) is 39.5 Å². The second-order valence-corrected chi connectivity index (χ2v) is 6.80. The Hall–Kier alpha value is -0.120. The van der Waals surface area contributed by atoms with Crippen LogP contribution in [0, 0.1) is 11.3 Å². The van der Waals surface area contributed by atoms with E-state index in [0.29, 0.717) is 12.5 Å². The summed E-state index contributed by atoms with van der Waals surface area (Å²) in [7, 11) is 4.26. The van der Waals surface area contributed by atoms with E-state index in [9.17, 15) is 5.11 Å². The molecule has 18 heavy (non-hydrogen) atoms. The monoisotopic (exact) mass is 256 g/mol. The summed E-state index contributed by atoms with van der Waals surface area (Å²) in [6, 6.07) is 0. The highest BCUT2D eigenvalue weighted by molar-refractivity contribution is 4.87. The zero-order valence-corrected chi connectivity index (χ0v) is 12.8. The molecule has 0 radical (unpaired) electrons. The lowest BCUT2D eigenvalue weighted by atomic mass is 9.86. The first kappa shape index (κ1) is 15.9. The van der Waals surface area contributed by atoms with Crippen molar-refractivity contribution in [2.75, 3.05) is 46.9 Å². The Balaban J connectivity index is 2.52. The molecule has 3 nitrogen and oxygen atoms in total. The first-order valence-electron chi connectivity index (χ1n) is 7.45. The Morgan fingerprint density at radius 2 is 1.72 bits per heavy atom. The van der Waals surface area contributed by atoms with Gasteiger partial charge in [0.1, 0.15) is 0 Å². The average Bonchev–Trinajstić information content (AvgIpc) is 2.74. The minimum Gasteiger partial charge on any atom is -0.396 e. The molecule has 0 heterocycles. The van der Waals surface area contributed by atoms with Crippen molar-refractivity contribution in [2.45, 2.75) is 39.5 Å². The molecule has 1 aliphatic carbocycles. The van der Waals surface area contributed by atoms with Gasteiger partial charge in [0.15, 0.2) is 0 Å². The highest BCUT2D eigenvalue weighted by Crippen LogP contribution is 2.38. The summed E-state index contributed by atoms with van der Waals surface area (Å²) in [6.45, 7) is 9.38. The van der Waals surface area contributed by atoms with Gasteiger partial charge in [-0.2, -0.15) is 0 Å². The van der Waals surface area contributed by atoms with E-state index in [4.69, 9.17) is 0 Å². The van der Waals surface area contributed by atoms with Crippen LogP contribution in [0.2, 0.25) is 0 Å². The van der Waals surface area contributed by atoms with Crippen molar-refractivity contribution >= 4 is 0 Å². The SMILES string of the molecule is CC(C)CN(CCN(C)C)CC1(CO)CCCC1. The fraction of sp³-hybridized carbons (Fsp3) is 1.00. The van der Waals surface area contributed by atoms with Crippen molar-refractivity contribution in [1.82, 2.24) is 9.80 Å².